The largest absolute Gasteiger partial charge is 0.497 e. The van der Waals surface area contributed by atoms with Crippen molar-refractivity contribution in [2.45, 2.75) is 26.4 Å². The van der Waals surface area contributed by atoms with E-state index in [-0.39, 0.29) is 30.0 Å². The van der Waals surface area contributed by atoms with Gasteiger partial charge in [-0.3, -0.25) is 14.9 Å². The second-order valence-corrected chi connectivity index (χ2v) is 7.79. The quantitative estimate of drug-likeness (QED) is 0.288. The van der Waals surface area contributed by atoms with E-state index in [1.165, 1.54) is 5.56 Å². The van der Waals surface area contributed by atoms with E-state index in [9.17, 15) is 0 Å². The molecule has 182 valence electrons. The number of halogens is 1. The van der Waals surface area contributed by atoms with E-state index in [0.717, 1.165) is 67.1 Å². The maximum absolute atomic E-state index is 5.56. The molecule has 8 nitrogen and oxygen atoms in total. The summed E-state index contributed by atoms with van der Waals surface area (Å²) in [6.45, 7) is 8.61. The molecule has 0 aliphatic carbocycles. The van der Waals surface area contributed by atoms with Gasteiger partial charge in [-0.05, 0) is 31.5 Å². The van der Waals surface area contributed by atoms with E-state index in [4.69, 9.17) is 14.2 Å². The lowest BCUT2D eigenvalue weighted by molar-refractivity contribution is 0.0170. The Morgan fingerprint density at radius 2 is 1.82 bits per heavy atom. The number of rotatable bonds is 8. The van der Waals surface area contributed by atoms with Gasteiger partial charge in [-0.2, -0.15) is 0 Å². The van der Waals surface area contributed by atoms with Gasteiger partial charge < -0.3 is 24.8 Å². The molecule has 3 rings (SSSR count). The van der Waals surface area contributed by atoms with Crippen LogP contribution in [-0.2, 0) is 11.3 Å². The van der Waals surface area contributed by atoms with E-state index in [0.29, 0.717) is 6.54 Å². The maximum atomic E-state index is 5.56. The van der Waals surface area contributed by atoms with Crippen molar-refractivity contribution >= 4 is 29.9 Å². The van der Waals surface area contributed by atoms with Crippen LogP contribution in [0.25, 0.3) is 0 Å². The average Bonchev–Trinajstić information content (AvgIpc) is 2.83. The minimum absolute atomic E-state index is 0. The Morgan fingerprint density at radius 1 is 1.12 bits per heavy atom. The van der Waals surface area contributed by atoms with Crippen molar-refractivity contribution in [2.24, 2.45) is 4.99 Å². The summed E-state index contributed by atoms with van der Waals surface area (Å²) in [6, 6.07) is 8.47. The summed E-state index contributed by atoms with van der Waals surface area (Å²) in [4.78, 5) is 11.4. The molecule has 0 saturated carbocycles. The van der Waals surface area contributed by atoms with Crippen molar-refractivity contribution in [1.82, 2.24) is 20.5 Å². The van der Waals surface area contributed by atoms with Crippen LogP contribution in [0.3, 0.4) is 0 Å². The summed E-state index contributed by atoms with van der Waals surface area (Å²) < 4.78 is 16.4. The van der Waals surface area contributed by atoms with Crippen molar-refractivity contribution in [3.63, 3.8) is 0 Å². The number of pyridine rings is 1. The molecule has 2 N–H and O–H groups in total. The fraction of sp³-hybridized carbons (Fsp3) is 0.500. The Labute approximate surface area is 214 Å². The molecule has 2 aromatic rings. The van der Waals surface area contributed by atoms with Gasteiger partial charge in [0.05, 0.1) is 45.7 Å². The first kappa shape index (κ1) is 27.1. The molecule has 0 bridgehead atoms. The number of methoxy groups -OCH3 is 2. The second-order valence-electron chi connectivity index (χ2n) is 7.79. The number of benzene rings is 1. The maximum Gasteiger partial charge on any atom is 0.191 e. The van der Waals surface area contributed by atoms with Crippen LogP contribution in [0.15, 0.2) is 35.5 Å². The number of guanidine groups is 1. The standard InChI is InChI=1S/C24H35N5O3.HI/c1-17-14-26-21(18(2)23(17)31-5)15-27-24(25-3)28-16-22(29-10-12-32-13-11-29)19-6-8-20(30-4)9-7-19;/h6-9,14,22H,10-13,15-16H2,1-5H3,(H2,25,27,28);1H. The van der Waals surface area contributed by atoms with E-state index in [1.54, 1.807) is 21.3 Å². The van der Waals surface area contributed by atoms with Crippen molar-refractivity contribution in [3.8, 4) is 11.5 Å². The van der Waals surface area contributed by atoms with Crippen LogP contribution < -0.4 is 20.1 Å². The zero-order valence-electron chi connectivity index (χ0n) is 20.2. The third-order valence-corrected chi connectivity index (χ3v) is 5.85. The monoisotopic (exact) mass is 569 g/mol. The number of hydrogen-bond donors (Lipinski definition) is 2. The highest BCUT2D eigenvalue weighted by Gasteiger charge is 2.23. The molecule has 2 heterocycles. The predicted molar refractivity (Wildman–Crippen MR) is 142 cm³/mol. The lowest BCUT2D eigenvalue weighted by atomic mass is 10.0. The minimum atomic E-state index is 0. The molecule has 9 heteroatoms. The first-order chi connectivity index (χ1) is 15.6. The molecule has 1 unspecified atom stereocenters. The van der Waals surface area contributed by atoms with Crippen LogP contribution in [0.1, 0.15) is 28.4 Å². The van der Waals surface area contributed by atoms with Gasteiger partial charge in [0.1, 0.15) is 11.5 Å². The third kappa shape index (κ3) is 7.18. The van der Waals surface area contributed by atoms with Crippen LogP contribution in [-0.4, -0.2) is 70.0 Å². The SMILES string of the molecule is CN=C(NCc1ncc(C)c(OC)c1C)NCC(c1ccc(OC)cc1)N1CCOCC1.I. The summed E-state index contributed by atoms with van der Waals surface area (Å²) >= 11 is 0. The van der Waals surface area contributed by atoms with Gasteiger partial charge in [0.25, 0.3) is 0 Å². The molecule has 0 amide bonds. The van der Waals surface area contributed by atoms with Crippen LogP contribution in [0.4, 0.5) is 0 Å². The number of nitrogens with zero attached hydrogens (tertiary/aromatic N) is 3. The van der Waals surface area contributed by atoms with E-state index in [1.807, 2.05) is 32.2 Å². The summed E-state index contributed by atoms with van der Waals surface area (Å²) in [5, 5.41) is 6.87. The number of hydrogen-bond acceptors (Lipinski definition) is 6. The fourth-order valence-corrected chi connectivity index (χ4v) is 4.00. The number of nitrogens with one attached hydrogen (secondary N) is 2. The highest BCUT2D eigenvalue weighted by Crippen LogP contribution is 2.25. The number of ether oxygens (including phenoxy) is 3. The van der Waals surface area contributed by atoms with Crippen LogP contribution in [0.5, 0.6) is 11.5 Å². The molecule has 1 aromatic heterocycles. The van der Waals surface area contributed by atoms with Crippen LogP contribution in [0, 0.1) is 13.8 Å². The molecular formula is C24H36IN5O3. The van der Waals surface area contributed by atoms with Gasteiger partial charge >= 0.3 is 0 Å². The molecule has 1 fully saturated rings. The number of aliphatic imine (C=N–C) groups is 1. The van der Waals surface area contributed by atoms with Gasteiger partial charge in [-0.1, -0.05) is 12.1 Å². The normalized spacial score (nSPS) is 15.4. The first-order valence-corrected chi connectivity index (χ1v) is 11.0. The highest BCUT2D eigenvalue weighted by atomic mass is 127. The van der Waals surface area contributed by atoms with Crippen LogP contribution >= 0.6 is 24.0 Å². The first-order valence-electron chi connectivity index (χ1n) is 11.0. The van der Waals surface area contributed by atoms with E-state index in [2.05, 4.69) is 37.6 Å². The zero-order valence-corrected chi connectivity index (χ0v) is 22.5. The Balaban J connectivity index is 0.00000385. The molecule has 1 atom stereocenters. The molecular weight excluding hydrogens is 533 g/mol. The van der Waals surface area contributed by atoms with Gasteiger partial charge in [0, 0.05) is 44.0 Å². The summed E-state index contributed by atoms with van der Waals surface area (Å²) in [5.41, 5.74) is 4.25. The Hall–Kier alpha value is -2.11. The predicted octanol–water partition coefficient (Wildman–Crippen LogP) is 3.07. The number of morpholine rings is 1. The molecule has 33 heavy (non-hydrogen) atoms. The Morgan fingerprint density at radius 3 is 2.42 bits per heavy atom. The lowest BCUT2D eigenvalue weighted by Crippen LogP contribution is -2.46. The fourth-order valence-electron chi connectivity index (χ4n) is 4.00. The number of aromatic nitrogens is 1. The molecule has 1 aliphatic rings. The molecule has 0 radical (unpaired) electrons. The highest BCUT2D eigenvalue weighted by molar-refractivity contribution is 14.0. The van der Waals surface area contributed by atoms with E-state index < -0.39 is 0 Å². The van der Waals surface area contributed by atoms with Crippen molar-refractivity contribution < 1.29 is 14.2 Å². The summed E-state index contributed by atoms with van der Waals surface area (Å²) in [6.07, 6.45) is 1.84. The van der Waals surface area contributed by atoms with Gasteiger partial charge in [-0.15, -0.1) is 24.0 Å². The molecule has 1 aromatic carbocycles. The summed E-state index contributed by atoms with van der Waals surface area (Å²) in [5.74, 6) is 2.47. The lowest BCUT2D eigenvalue weighted by Gasteiger charge is -2.35. The smallest absolute Gasteiger partial charge is 0.191 e. The second kappa shape index (κ2) is 13.6. The Bertz CT molecular complexity index is 902. The Kier molecular flexibility index (Phi) is 11.2. The molecule has 1 aliphatic heterocycles. The minimum Gasteiger partial charge on any atom is -0.497 e. The van der Waals surface area contributed by atoms with Crippen LogP contribution in [0.2, 0.25) is 0 Å². The summed E-state index contributed by atoms with van der Waals surface area (Å²) in [7, 11) is 5.16. The topological polar surface area (TPSA) is 80.2 Å². The van der Waals surface area contributed by atoms with Crippen molar-refractivity contribution in [2.75, 3.05) is 54.1 Å². The van der Waals surface area contributed by atoms with Crippen molar-refractivity contribution in [3.05, 3.63) is 52.8 Å². The number of aryl methyl sites for hydroxylation is 1. The van der Waals surface area contributed by atoms with E-state index >= 15 is 0 Å². The zero-order chi connectivity index (χ0) is 22.9. The van der Waals surface area contributed by atoms with Crippen molar-refractivity contribution in [1.29, 1.82) is 0 Å². The third-order valence-electron chi connectivity index (χ3n) is 5.85. The molecule has 0 spiro atoms. The molecule has 1 saturated heterocycles. The van der Waals surface area contributed by atoms with Gasteiger partial charge in [0.2, 0.25) is 0 Å². The van der Waals surface area contributed by atoms with Gasteiger partial charge in [0.15, 0.2) is 5.96 Å². The average molecular weight is 569 g/mol. The van der Waals surface area contributed by atoms with Gasteiger partial charge in [-0.25, -0.2) is 0 Å².